The molecule has 2 rings (SSSR count). The molecule has 1 amide bonds. The van der Waals surface area contributed by atoms with Crippen molar-refractivity contribution in [3.8, 4) is 0 Å². The minimum Gasteiger partial charge on any atom is -0.326 e. The molecule has 2 aromatic rings. The van der Waals surface area contributed by atoms with Gasteiger partial charge in [0, 0.05) is 25.0 Å². The van der Waals surface area contributed by atoms with Gasteiger partial charge in [-0.2, -0.15) is 0 Å². The Kier molecular flexibility index (Phi) is 4.42. The first kappa shape index (κ1) is 14.1. The molecule has 4 nitrogen and oxygen atoms in total. The van der Waals surface area contributed by atoms with Gasteiger partial charge in [0.2, 0.25) is 0 Å². The van der Waals surface area contributed by atoms with Gasteiger partial charge in [-0.15, -0.1) is 0 Å². The van der Waals surface area contributed by atoms with Crippen molar-refractivity contribution in [3.63, 3.8) is 0 Å². The number of amides is 1. The predicted octanol–water partition coefficient (Wildman–Crippen LogP) is 2.35. The summed E-state index contributed by atoms with van der Waals surface area (Å²) in [6, 6.07) is 8.71. The molecule has 1 aromatic heterocycles. The number of nitrogens with two attached hydrogens (primary N) is 1. The van der Waals surface area contributed by atoms with Crippen LogP contribution in [0.25, 0.3) is 0 Å². The van der Waals surface area contributed by atoms with Crippen molar-refractivity contribution in [2.75, 3.05) is 11.4 Å². The molecule has 0 aliphatic rings. The summed E-state index contributed by atoms with van der Waals surface area (Å²) in [5.41, 5.74) is 7.25. The number of hydrogen-bond acceptors (Lipinski definition) is 3. The van der Waals surface area contributed by atoms with Crippen molar-refractivity contribution in [3.05, 3.63) is 59.7 Å². The Morgan fingerprint density at radius 2 is 2.00 bits per heavy atom. The number of carbonyl (C=O) groups excluding carboxylic acids is 1. The molecule has 0 aliphatic heterocycles. The third-order valence-corrected chi connectivity index (χ3v) is 3.05. The number of aromatic nitrogens is 1. The molecule has 104 valence electrons. The first-order chi connectivity index (χ1) is 9.67. The average molecular weight is 273 g/mol. The maximum atomic E-state index is 13.6. The Balaban J connectivity index is 2.32. The number of rotatable bonds is 4. The summed E-state index contributed by atoms with van der Waals surface area (Å²) in [7, 11) is 0. The second kappa shape index (κ2) is 6.25. The summed E-state index contributed by atoms with van der Waals surface area (Å²) < 4.78 is 13.6. The number of nitrogens with zero attached hydrogens (tertiary/aromatic N) is 2. The molecule has 5 heteroatoms. The maximum Gasteiger partial charge on any atom is 0.261 e. The van der Waals surface area contributed by atoms with Gasteiger partial charge in [-0.25, -0.2) is 4.39 Å². The third-order valence-electron chi connectivity index (χ3n) is 3.05. The summed E-state index contributed by atoms with van der Waals surface area (Å²) in [6.07, 6.45) is 2.44. The predicted molar refractivity (Wildman–Crippen MR) is 75.9 cm³/mol. The van der Waals surface area contributed by atoms with Gasteiger partial charge < -0.3 is 10.6 Å². The van der Waals surface area contributed by atoms with Crippen LogP contribution in [0.4, 0.5) is 10.1 Å². The molecule has 0 bridgehead atoms. The summed E-state index contributed by atoms with van der Waals surface area (Å²) in [4.78, 5) is 17.5. The van der Waals surface area contributed by atoms with E-state index in [0.717, 1.165) is 11.8 Å². The van der Waals surface area contributed by atoms with Crippen LogP contribution in [-0.4, -0.2) is 17.4 Å². The van der Waals surface area contributed by atoms with Crippen LogP contribution >= 0.6 is 0 Å². The number of hydrogen-bond donors (Lipinski definition) is 1. The van der Waals surface area contributed by atoms with Crippen molar-refractivity contribution in [2.45, 2.75) is 13.5 Å². The van der Waals surface area contributed by atoms with Crippen LogP contribution in [0.3, 0.4) is 0 Å². The molecule has 0 unspecified atom stereocenters. The van der Waals surface area contributed by atoms with Gasteiger partial charge in [0.15, 0.2) is 5.82 Å². The first-order valence-corrected chi connectivity index (χ1v) is 6.37. The highest BCUT2D eigenvalue weighted by Crippen LogP contribution is 2.19. The minimum atomic E-state index is -0.616. The van der Waals surface area contributed by atoms with E-state index >= 15 is 0 Å². The summed E-state index contributed by atoms with van der Waals surface area (Å²) in [5.74, 6) is -0.998. The summed E-state index contributed by atoms with van der Waals surface area (Å²) >= 11 is 0. The molecule has 0 radical (unpaired) electrons. The Hall–Kier alpha value is -2.27. The van der Waals surface area contributed by atoms with Gasteiger partial charge in [-0.3, -0.25) is 9.78 Å². The van der Waals surface area contributed by atoms with E-state index in [1.165, 1.54) is 17.2 Å². The molecular weight excluding hydrogens is 257 g/mol. The topological polar surface area (TPSA) is 59.2 Å². The monoisotopic (exact) mass is 273 g/mol. The van der Waals surface area contributed by atoms with E-state index in [-0.39, 0.29) is 11.5 Å². The van der Waals surface area contributed by atoms with Crippen LogP contribution in [0.1, 0.15) is 22.8 Å². The highest BCUT2D eigenvalue weighted by atomic mass is 19.1. The van der Waals surface area contributed by atoms with Gasteiger partial charge in [0.1, 0.15) is 0 Å². The van der Waals surface area contributed by atoms with Gasteiger partial charge >= 0.3 is 0 Å². The zero-order valence-corrected chi connectivity index (χ0v) is 11.2. The smallest absolute Gasteiger partial charge is 0.261 e. The quantitative estimate of drug-likeness (QED) is 0.930. The number of carbonyl (C=O) groups is 1. The van der Waals surface area contributed by atoms with Crippen LogP contribution in [0, 0.1) is 5.82 Å². The molecular formula is C15H16FN3O. The lowest BCUT2D eigenvalue weighted by Crippen LogP contribution is -2.31. The van der Waals surface area contributed by atoms with Crippen molar-refractivity contribution in [1.82, 2.24) is 4.98 Å². The van der Waals surface area contributed by atoms with Crippen LogP contribution in [-0.2, 0) is 6.54 Å². The number of anilines is 1. The SMILES string of the molecule is CCN(C(=O)c1ccncc1F)c1ccc(CN)cc1. The molecule has 1 aromatic carbocycles. The normalized spacial score (nSPS) is 10.3. The van der Waals surface area contributed by atoms with Gasteiger partial charge in [0.25, 0.3) is 5.91 Å². The zero-order valence-electron chi connectivity index (χ0n) is 11.2. The van der Waals surface area contributed by atoms with E-state index in [1.54, 1.807) is 0 Å². The molecule has 0 atom stereocenters. The number of benzene rings is 1. The highest BCUT2D eigenvalue weighted by Gasteiger charge is 2.19. The molecule has 0 saturated heterocycles. The van der Waals surface area contributed by atoms with E-state index in [2.05, 4.69) is 4.98 Å². The lowest BCUT2D eigenvalue weighted by atomic mass is 10.1. The van der Waals surface area contributed by atoms with Crippen LogP contribution < -0.4 is 10.6 Å². The Bertz CT molecular complexity index is 598. The van der Waals surface area contributed by atoms with E-state index in [0.29, 0.717) is 18.8 Å². The molecule has 2 N–H and O–H groups in total. The number of pyridine rings is 1. The third kappa shape index (κ3) is 2.83. The van der Waals surface area contributed by atoms with Gasteiger partial charge in [0.05, 0.1) is 11.8 Å². The molecule has 1 heterocycles. The second-order valence-corrected chi connectivity index (χ2v) is 4.28. The van der Waals surface area contributed by atoms with Gasteiger partial charge in [-0.05, 0) is 30.7 Å². The Labute approximate surface area is 117 Å². The highest BCUT2D eigenvalue weighted by molar-refractivity contribution is 6.06. The van der Waals surface area contributed by atoms with Crippen molar-refractivity contribution < 1.29 is 9.18 Å². The fourth-order valence-electron chi connectivity index (χ4n) is 1.95. The largest absolute Gasteiger partial charge is 0.326 e. The molecule has 0 saturated carbocycles. The fraction of sp³-hybridized carbons (Fsp3) is 0.200. The van der Waals surface area contributed by atoms with Crippen LogP contribution in [0.5, 0.6) is 0 Å². The lowest BCUT2D eigenvalue weighted by Gasteiger charge is -2.21. The van der Waals surface area contributed by atoms with Crippen LogP contribution in [0.15, 0.2) is 42.7 Å². The van der Waals surface area contributed by atoms with E-state index < -0.39 is 5.82 Å². The molecule has 0 fully saturated rings. The molecule has 0 spiro atoms. The Morgan fingerprint density at radius 3 is 2.55 bits per heavy atom. The number of halogens is 1. The Morgan fingerprint density at radius 1 is 1.30 bits per heavy atom. The van der Waals surface area contributed by atoms with Gasteiger partial charge in [-0.1, -0.05) is 12.1 Å². The standard InChI is InChI=1S/C15H16FN3O/c1-2-19(12-5-3-11(9-17)4-6-12)15(20)13-7-8-18-10-14(13)16/h3-8,10H,2,9,17H2,1H3. The van der Waals surface area contributed by atoms with E-state index in [4.69, 9.17) is 5.73 Å². The minimum absolute atomic E-state index is 0.0183. The maximum absolute atomic E-state index is 13.6. The van der Waals surface area contributed by atoms with Crippen LogP contribution in [0.2, 0.25) is 0 Å². The van der Waals surface area contributed by atoms with Crippen molar-refractivity contribution >= 4 is 11.6 Å². The molecule has 0 aliphatic carbocycles. The average Bonchev–Trinajstić information content (AvgIpc) is 2.49. The lowest BCUT2D eigenvalue weighted by molar-refractivity contribution is 0.0984. The summed E-state index contributed by atoms with van der Waals surface area (Å²) in [5, 5.41) is 0. The van der Waals surface area contributed by atoms with E-state index in [9.17, 15) is 9.18 Å². The van der Waals surface area contributed by atoms with Crippen molar-refractivity contribution in [1.29, 1.82) is 0 Å². The van der Waals surface area contributed by atoms with E-state index in [1.807, 2.05) is 31.2 Å². The van der Waals surface area contributed by atoms with Crippen molar-refractivity contribution in [2.24, 2.45) is 5.73 Å². The summed E-state index contributed by atoms with van der Waals surface area (Å²) in [6.45, 7) is 2.73. The first-order valence-electron chi connectivity index (χ1n) is 6.37. The fourth-order valence-corrected chi connectivity index (χ4v) is 1.95. The molecule has 20 heavy (non-hydrogen) atoms. The zero-order chi connectivity index (χ0) is 14.5. The second-order valence-electron chi connectivity index (χ2n) is 4.28.